The van der Waals surface area contributed by atoms with Gasteiger partial charge in [0.25, 0.3) is 0 Å². The van der Waals surface area contributed by atoms with Gasteiger partial charge in [-0.3, -0.25) is 0 Å². The second-order valence-corrected chi connectivity index (χ2v) is 7.32. The maximum Gasteiger partial charge on any atom is 0.338 e. The van der Waals surface area contributed by atoms with Gasteiger partial charge in [0.2, 0.25) is 0 Å². The third-order valence-electron chi connectivity index (χ3n) is 5.03. The van der Waals surface area contributed by atoms with Gasteiger partial charge in [0.05, 0.1) is 17.2 Å². The molecule has 5 atom stereocenters. The van der Waals surface area contributed by atoms with E-state index in [1.54, 1.807) is 0 Å². The maximum atomic E-state index is 12.4. The molecule has 0 aliphatic heterocycles. The van der Waals surface area contributed by atoms with Crippen LogP contribution in [-0.4, -0.2) is 88.4 Å². The molecular formula is C20H20O13. The van der Waals surface area contributed by atoms with Gasteiger partial charge in [-0.15, -0.1) is 0 Å². The normalized spacial score (nSPS) is 24.8. The Morgan fingerprint density at radius 3 is 1.48 bits per heavy atom. The molecule has 13 nitrogen and oxygen atoms in total. The quantitative estimate of drug-likeness (QED) is 0.197. The second kappa shape index (κ2) is 8.90. The van der Waals surface area contributed by atoms with Crippen LogP contribution in [-0.2, 0) is 9.47 Å². The number of carbonyl (C=O) groups is 2. The van der Waals surface area contributed by atoms with Gasteiger partial charge >= 0.3 is 11.9 Å². The minimum atomic E-state index is -1.85. The summed E-state index contributed by atoms with van der Waals surface area (Å²) >= 11 is 0. The summed E-state index contributed by atoms with van der Waals surface area (Å²) in [4.78, 5) is 24.7. The number of ether oxygens (including phenoxy) is 2. The standard InChI is InChI=1S/C20H20O13/c21-8-1-6(2-9(22)14(8)26)19(30)32-13-5-12(25)16(28)18(17(13)29)33-20(31)7-3-10(23)15(27)11(24)4-7/h1-4,12-13,16-18,21-29H,5H2/t12-,13-,16+,17+,18-/m0/s1. The van der Waals surface area contributed by atoms with Crippen LogP contribution >= 0.6 is 0 Å². The van der Waals surface area contributed by atoms with E-state index < -0.39 is 94.5 Å². The molecule has 1 aliphatic rings. The molecule has 2 aromatic carbocycles. The fourth-order valence-electron chi connectivity index (χ4n) is 3.25. The minimum absolute atomic E-state index is 0.417. The molecule has 0 amide bonds. The van der Waals surface area contributed by atoms with E-state index in [0.29, 0.717) is 0 Å². The highest BCUT2D eigenvalue weighted by atomic mass is 16.6. The second-order valence-electron chi connectivity index (χ2n) is 7.32. The molecule has 33 heavy (non-hydrogen) atoms. The SMILES string of the molecule is O=C(O[C@@H]1[C@H](O)[C@@H](OC(=O)c2cc(O)c(O)c(O)c2)C[C@H](O)[C@H]1O)c1cc(O)c(O)c(O)c1. The van der Waals surface area contributed by atoms with Gasteiger partial charge in [-0.25, -0.2) is 9.59 Å². The van der Waals surface area contributed by atoms with Crippen molar-refractivity contribution in [3.63, 3.8) is 0 Å². The summed E-state index contributed by atoms with van der Waals surface area (Å²) < 4.78 is 10.0. The van der Waals surface area contributed by atoms with Gasteiger partial charge in [0, 0.05) is 6.42 Å². The summed E-state index contributed by atoms with van der Waals surface area (Å²) in [5.74, 6) is -7.57. The van der Waals surface area contributed by atoms with Crippen LogP contribution in [0.25, 0.3) is 0 Å². The monoisotopic (exact) mass is 468 g/mol. The van der Waals surface area contributed by atoms with Crippen molar-refractivity contribution in [2.75, 3.05) is 0 Å². The average molecular weight is 468 g/mol. The lowest BCUT2D eigenvalue weighted by Crippen LogP contribution is -2.58. The molecule has 0 radical (unpaired) electrons. The number of phenols is 6. The Balaban J connectivity index is 1.78. The van der Waals surface area contributed by atoms with Crippen molar-refractivity contribution < 1.29 is 65.0 Å². The molecular weight excluding hydrogens is 448 g/mol. The van der Waals surface area contributed by atoms with Crippen LogP contribution in [0.4, 0.5) is 0 Å². The molecule has 3 rings (SSSR count). The van der Waals surface area contributed by atoms with E-state index in [1.807, 2.05) is 0 Å². The van der Waals surface area contributed by atoms with Crippen LogP contribution in [0.15, 0.2) is 24.3 Å². The van der Waals surface area contributed by atoms with Crippen molar-refractivity contribution in [1.82, 2.24) is 0 Å². The van der Waals surface area contributed by atoms with Crippen molar-refractivity contribution >= 4 is 11.9 Å². The lowest BCUT2D eigenvalue weighted by atomic mass is 9.87. The average Bonchev–Trinajstić information content (AvgIpc) is 2.75. The summed E-state index contributed by atoms with van der Waals surface area (Å²) in [6, 6.07) is 3.05. The van der Waals surface area contributed by atoms with E-state index in [9.17, 15) is 55.5 Å². The van der Waals surface area contributed by atoms with Crippen molar-refractivity contribution in [3.05, 3.63) is 35.4 Å². The molecule has 1 fully saturated rings. The number of rotatable bonds is 4. The van der Waals surface area contributed by atoms with Crippen LogP contribution in [0.5, 0.6) is 34.5 Å². The molecule has 0 bridgehead atoms. The largest absolute Gasteiger partial charge is 0.504 e. The van der Waals surface area contributed by atoms with Crippen LogP contribution in [0.2, 0.25) is 0 Å². The molecule has 0 unspecified atom stereocenters. The molecule has 1 saturated carbocycles. The molecule has 0 aromatic heterocycles. The number of aliphatic hydroxyl groups excluding tert-OH is 3. The number of hydrogen-bond acceptors (Lipinski definition) is 13. The lowest BCUT2D eigenvalue weighted by Gasteiger charge is -2.39. The summed E-state index contributed by atoms with van der Waals surface area (Å²) in [5.41, 5.74) is -0.884. The molecule has 0 spiro atoms. The first-order valence-electron chi connectivity index (χ1n) is 9.36. The zero-order valence-corrected chi connectivity index (χ0v) is 16.6. The lowest BCUT2D eigenvalue weighted by molar-refractivity contribution is -0.178. The zero-order chi connectivity index (χ0) is 24.6. The van der Waals surface area contributed by atoms with Gasteiger partial charge in [-0.05, 0) is 24.3 Å². The number of aliphatic hydroxyl groups is 3. The first-order valence-corrected chi connectivity index (χ1v) is 9.36. The van der Waals surface area contributed by atoms with Gasteiger partial charge in [-0.2, -0.15) is 0 Å². The van der Waals surface area contributed by atoms with Crippen molar-refractivity contribution in [1.29, 1.82) is 0 Å². The molecule has 0 heterocycles. The first kappa shape index (κ1) is 23.7. The van der Waals surface area contributed by atoms with E-state index in [2.05, 4.69) is 0 Å². The predicted molar refractivity (Wildman–Crippen MR) is 104 cm³/mol. The number of hydrogen-bond donors (Lipinski definition) is 9. The Hall–Kier alpha value is -3.94. The van der Waals surface area contributed by atoms with E-state index in [-0.39, 0.29) is 0 Å². The Morgan fingerprint density at radius 1 is 0.667 bits per heavy atom. The predicted octanol–water partition coefficient (Wildman–Crippen LogP) is -0.842. The number of benzene rings is 2. The molecule has 13 heteroatoms. The summed E-state index contributed by atoms with van der Waals surface area (Å²) in [5, 5.41) is 87.6. The number of carbonyl (C=O) groups excluding carboxylic acids is 2. The van der Waals surface area contributed by atoms with E-state index >= 15 is 0 Å². The fraction of sp³-hybridized carbons (Fsp3) is 0.300. The van der Waals surface area contributed by atoms with Crippen molar-refractivity contribution in [3.8, 4) is 34.5 Å². The van der Waals surface area contributed by atoms with Crippen LogP contribution in [0, 0.1) is 0 Å². The van der Waals surface area contributed by atoms with Gasteiger partial charge in [0.15, 0.2) is 40.6 Å². The van der Waals surface area contributed by atoms with E-state index in [1.165, 1.54) is 0 Å². The Labute approximate surface area is 184 Å². The topological polar surface area (TPSA) is 235 Å². The summed E-state index contributed by atoms with van der Waals surface area (Å²) in [6.45, 7) is 0. The van der Waals surface area contributed by atoms with Crippen molar-refractivity contribution in [2.24, 2.45) is 0 Å². The highest BCUT2D eigenvalue weighted by molar-refractivity contribution is 5.92. The first-order chi connectivity index (χ1) is 15.4. The Kier molecular flexibility index (Phi) is 6.39. The highest BCUT2D eigenvalue weighted by Crippen LogP contribution is 2.37. The molecule has 9 N–H and O–H groups in total. The summed E-state index contributed by atoms with van der Waals surface area (Å²) in [6.07, 6.45) is -9.09. The van der Waals surface area contributed by atoms with Crippen LogP contribution in [0.1, 0.15) is 27.1 Å². The number of aromatic hydroxyl groups is 6. The zero-order valence-electron chi connectivity index (χ0n) is 16.6. The van der Waals surface area contributed by atoms with Crippen LogP contribution < -0.4 is 0 Å². The molecule has 2 aromatic rings. The third kappa shape index (κ3) is 4.64. The van der Waals surface area contributed by atoms with Crippen LogP contribution in [0.3, 0.4) is 0 Å². The van der Waals surface area contributed by atoms with E-state index in [4.69, 9.17) is 9.47 Å². The van der Waals surface area contributed by atoms with Gasteiger partial charge < -0.3 is 55.4 Å². The maximum absolute atomic E-state index is 12.4. The van der Waals surface area contributed by atoms with Crippen molar-refractivity contribution in [2.45, 2.75) is 36.9 Å². The summed E-state index contributed by atoms with van der Waals surface area (Å²) in [7, 11) is 0. The van der Waals surface area contributed by atoms with Gasteiger partial charge in [-0.1, -0.05) is 0 Å². The van der Waals surface area contributed by atoms with Gasteiger partial charge in [0.1, 0.15) is 18.3 Å². The Morgan fingerprint density at radius 2 is 1.06 bits per heavy atom. The fourth-order valence-corrected chi connectivity index (χ4v) is 3.25. The smallest absolute Gasteiger partial charge is 0.338 e. The molecule has 178 valence electrons. The Bertz CT molecular complexity index is 1040. The van der Waals surface area contributed by atoms with E-state index in [0.717, 1.165) is 24.3 Å². The molecule has 1 aliphatic carbocycles. The number of esters is 2. The molecule has 0 saturated heterocycles. The highest BCUT2D eigenvalue weighted by Gasteiger charge is 2.47. The number of phenolic OH excluding ortho intramolecular Hbond substituents is 6. The third-order valence-corrected chi connectivity index (χ3v) is 5.03. The minimum Gasteiger partial charge on any atom is -0.504 e.